The quantitative estimate of drug-likeness (QED) is 0.394. The molecule has 9 heteroatoms. The summed E-state index contributed by atoms with van der Waals surface area (Å²) in [6, 6.07) is -1.74. The van der Waals surface area contributed by atoms with Crippen molar-refractivity contribution in [2.45, 2.75) is 31.3 Å². The Morgan fingerprint density at radius 3 is 1.74 bits per heavy atom. The molecule has 0 rings (SSSR count). The normalized spacial score (nSPS) is 12.8. The number of hydrogen-bond donors (Lipinski definition) is 5. The number of hydrogen-bond acceptors (Lipinski definition) is 6. The van der Waals surface area contributed by atoms with Gasteiger partial charge in [0.25, 0.3) is 0 Å². The monoisotopic (exact) mass is 296 g/mol. The van der Waals surface area contributed by atoms with Crippen molar-refractivity contribution < 1.29 is 29.7 Å². The average Bonchev–Trinajstić information content (AvgIpc) is 2.33. The zero-order valence-corrected chi connectivity index (χ0v) is 11.4. The Kier molecular flexibility index (Phi) is 12.4. The van der Waals surface area contributed by atoms with Crippen LogP contribution in [-0.4, -0.2) is 57.3 Å². The van der Waals surface area contributed by atoms with Crippen LogP contribution in [0.3, 0.4) is 0 Å². The number of carboxylic acids is 3. The maximum absolute atomic E-state index is 10.1. The molecule has 0 saturated heterocycles. The Bertz CT molecular complexity index is 300. The van der Waals surface area contributed by atoms with Gasteiger partial charge in [-0.3, -0.25) is 14.4 Å². The summed E-state index contributed by atoms with van der Waals surface area (Å²) in [5.41, 5.74) is 10.2. The lowest BCUT2D eigenvalue weighted by Gasteiger charge is -2.02. The second-order valence-electron chi connectivity index (χ2n) is 3.60. The van der Waals surface area contributed by atoms with Gasteiger partial charge >= 0.3 is 17.9 Å². The summed E-state index contributed by atoms with van der Waals surface area (Å²) in [5, 5.41) is 24.5. The molecule has 0 radical (unpaired) electrons. The summed E-state index contributed by atoms with van der Waals surface area (Å²) in [5.74, 6) is -2.30. The number of aliphatic carboxylic acids is 3. The van der Waals surface area contributed by atoms with Gasteiger partial charge in [-0.25, -0.2) is 0 Å². The van der Waals surface area contributed by atoms with E-state index in [-0.39, 0.29) is 12.8 Å². The topological polar surface area (TPSA) is 164 Å². The first-order valence-electron chi connectivity index (χ1n) is 5.39. The summed E-state index contributed by atoms with van der Waals surface area (Å²) in [4.78, 5) is 29.9. The van der Waals surface area contributed by atoms with E-state index < -0.39 is 30.0 Å². The van der Waals surface area contributed by atoms with Crippen LogP contribution in [0.2, 0.25) is 0 Å². The molecule has 0 amide bonds. The zero-order chi connectivity index (χ0) is 15.4. The largest absolute Gasteiger partial charge is 0.481 e. The smallest absolute Gasteiger partial charge is 0.320 e. The molecule has 0 aromatic heterocycles. The van der Waals surface area contributed by atoms with E-state index in [0.29, 0.717) is 6.42 Å². The van der Waals surface area contributed by atoms with Gasteiger partial charge in [-0.05, 0) is 24.9 Å². The molecule has 0 spiro atoms. The Morgan fingerprint density at radius 2 is 1.42 bits per heavy atom. The molecule has 0 heterocycles. The van der Waals surface area contributed by atoms with Crippen LogP contribution in [0.5, 0.6) is 0 Å². The van der Waals surface area contributed by atoms with Crippen LogP contribution in [0, 0.1) is 0 Å². The predicted octanol–water partition coefficient (Wildman–Crippen LogP) is -0.585. The third kappa shape index (κ3) is 14.6. The van der Waals surface area contributed by atoms with E-state index in [1.54, 1.807) is 11.8 Å². The highest BCUT2D eigenvalue weighted by Crippen LogP contribution is 1.97. The first-order valence-corrected chi connectivity index (χ1v) is 6.79. The summed E-state index contributed by atoms with van der Waals surface area (Å²) < 4.78 is 0. The van der Waals surface area contributed by atoms with E-state index >= 15 is 0 Å². The molecule has 0 unspecified atom stereocenters. The minimum Gasteiger partial charge on any atom is -0.481 e. The fourth-order valence-electron chi connectivity index (χ4n) is 0.771. The molecule has 8 nitrogen and oxygen atoms in total. The highest BCUT2D eigenvalue weighted by Gasteiger charge is 2.12. The molecule has 19 heavy (non-hydrogen) atoms. The summed E-state index contributed by atoms with van der Waals surface area (Å²) in [6.45, 7) is 0. The van der Waals surface area contributed by atoms with Crippen molar-refractivity contribution >= 4 is 29.7 Å². The molecule has 0 aromatic rings. The minimum absolute atomic E-state index is 0.0231. The van der Waals surface area contributed by atoms with Crippen LogP contribution in [0.25, 0.3) is 0 Å². The van der Waals surface area contributed by atoms with Crippen molar-refractivity contribution in [2.75, 3.05) is 12.0 Å². The van der Waals surface area contributed by atoms with Gasteiger partial charge in [0.2, 0.25) is 0 Å². The number of carboxylic acid groups (broad SMARTS) is 3. The standard InChI is InChI=1S/C5H9NO4.C5H11NO2S/c6-3(5(9)10)1-2-4(7)8;1-9-3-2-4(6)5(7)8/h3H,1-2,6H2,(H,7,8)(H,9,10);4H,2-3,6H2,1H3,(H,7,8)/t3-;4-/m11/s1. The average molecular weight is 296 g/mol. The van der Waals surface area contributed by atoms with E-state index in [9.17, 15) is 14.4 Å². The van der Waals surface area contributed by atoms with E-state index in [1.165, 1.54) is 0 Å². The third-order valence-corrected chi connectivity index (χ3v) is 2.58. The fourth-order valence-corrected chi connectivity index (χ4v) is 1.26. The summed E-state index contributed by atoms with van der Waals surface area (Å²) in [6.07, 6.45) is 2.25. The molecule has 0 aliphatic heterocycles. The van der Waals surface area contributed by atoms with E-state index in [1.807, 2.05) is 6.26 Å². The van der Waals surface area contributed by atoms with E-state index in [2.05, 4.69) is 0 Å². The molecule has 112 valence electrons. The maximum Gasteiger partial charge on any atom is 0.320 e. The molecule has 7 N–H and O–H groups in total. The lowest BCUT2D eigenvalue weighted by molar-refractivity contribution is -0.140. The van der Waals surface area contributed by atoms with Gasteiger partial charge in [-0.1, -0.05) is 0 Å². The lowest BCUT2D eigenvalue weighted by atomic mass is 10.2. The van der Waals surface area contributed by atoms with Gasteiger partial charge in [-0.15, -0.1) is 0 Å². The highest BCUT2D eigenvalue weighted by atomic mass is 32.2. The fraction of sp³-hybridized carbons (Fsp3) is 0.700. The van der Waals surface area contributed by atoms with Gasteiger partial charge in [0.1, 0.15) is 12.1 Å². The zero-order valence-electron chi connectivity index (χ0n) is 10.6. The lowest BCUT2D eigenvalue weighted by Crippen LogP contribution is -2.30. The maximum atomic E-state index is 10.1. The van der Waals surface area contributed by atoms with Gasteiger partial charge in [-0.2, -0.15) is 11.8 Å². The van der Waals surface area contributed by atoms with Crippen LogP contribution in [0.15, 0.2) is 0 Å². The van der Waals surface area contributed by atoms with Crippen LogP contribution >= 0.6 is 11.8 Å². The van der Waals surface area contributed by atoms with Crippen LogP contribution in [0.1, 0.15) is 19.3 Å². The number of nitrogens with two attached hydrogens (primary N) is 2. The van der Waals surface area contributed by atoms with Crippen LogP contribution in [0.4, 0.5) is 0 Å². The second kappa shape index (κ2) is 11.8. The number of thioether (sulfide) groups is 1. The van der Waals surface area contributed by atoms with Crippen LogP contribution < -0.4 is 11.5 Å². The van der Waals surface area contributed by atoms with Crippen molar-refractivity contribution in [1.29, 1.82) is 0 Å². The van der Waals surface area contributed by atoms with Crippen molar-refractivity contribution in [1.82, 2.24) is 0 Å². The molecule has 0 fully saturated rings. The van der Waals surface area contributed by atoms with Gasteiger partial charge < -0.3 is 26.8 Å². The van der Waals surface area contributed by atoms with Crippen LogP contribution in [-0.2, 0) is 14.4 Å². The Morgan fingerprint density at radius 1 is 1.00 bits per heavy atom. The summed E-state index contributed by atoms with van der Waals surface area (Å²) >= 11 is 1.60. The third-order valence-electron chi connectivity index (χ3n) is 1.94. The van der Waals surface area contributed by atoms with Gasteiger partial charge in [0.05, 0.1) is 0 Å². The second-order valence-corrected chi connectivity index (χ2v) is 4.59. The van der Waals surface area contributed by atoms with E-state index in [0.717, 1.165) is 5.75 Å². The van der Waals surface area contributed by atoms with E-state index in [4.69, 9.17) is 26.8 Å². The highest BCUT2D eigenvalue weighted by molar-refractivity contribution is 7.98. The molecule has 0 saturated carbocycles. The SMILES string of the molecule is CSCC[C@@H](N)C(=O)O.N[C@H](CCC(=O)O)C(=O)O. The van der Waals surface area contributed by atoms with Crippen molar-refractivity contribution in [3.05, 3.63) is 0 Å². The first-order chi connectivity index (χ1) is 8.72. The molecule has 0 aromatic carbocycles. The summed E-state index contributed by atoms with van der Waals surface area (Å²) in [7, 11) is 0. The van der Waals surface area contributed by atoms with Crippen molar-refractivity contribution in [2.24, 2.45) is 11.5 Å². The molecule has 0 bridgehead atoms. The molecule has 2 atom stereocenters. The minimum atomic E-state index is -1.17. The van der Waals surface area contributed by atoms with Crippen molar-refractivity contribution in [3.63, 3.8) is 0 Å². The van der Waals surface area contributed by atoms with Gasteiger partial charge in [0.15, 0.2) is 0 Å². The van der Waals surface area contributed by atoms with Crippen molar-refractivity contribution in [3.8, 4) is 0 Å². The molecular formula is C10H20N2O6S. The Balaban J connectivity index is 0. The molecular weight excluding hydrogens is 276 g/mol. The Hall–Kier alpha value is -1.32. The Labute approximate surface area is 115 Å². The number of carbonyl (C=O) groups is 3. The molecule has 0 aliphatic carbocycles. The predicted molar refractivity (Wildman–Crippen MR) is 71.1 cm³/mol. The van der Waals surface area contributed by atoms with Gasteiger partial charge in [0, 0.05) is 6.42 Å². The number of rotatable bonds is 8. The first kappa shape index (κ1) is 20.0. The molecule has 0 aliphatic rings.